The summed E-state index contributed by atoms with van der Waals surface area (Å²) in [4.78, 5) is 31.0. The molecule has 130 valence electrons. The molecule has 0 spiro atoms. The number of nitrogens with one attached hydrogen (secondary N) is 1. The average molecular weight is 360 g/mol. The summed E-state index contributed by atoms with van der Waals surface area (Å²) in [7, 11) is 0. The van der Waals surface area contributed by atoms with Crippen LogP contribution >= 0.6 is 11.6 Å². The van der Waals surface area contributed by atoms with Crippen molar-refractivity contribution in [2.45, 2.75) is 18.6 Å². The molecule has 2 aromatic rings. The van der Waals surface area contributed by atoms with E-state index in [0.29, 0.717) is 36.8 Å². The minimum Gasteiger partial charge on any atom is -0.442 e. The summed E-state index contributed by atoms with van der Waals surface area (Å²) < 4.78 is 5.46. The van der Waals surface area contributed by atoms with Crippen LogP contribution in [-0.2, 0) is 11.2 Å². The van der Waals surface area contributed by atoms with E-state index in [4.69, 9.17) is 16.3 Å². The molecule has 2 saturated heterocycles. The number of hydrogen-bond acceptors (Lipinski definition) is 3. The van der Waals surface area contributed by atoms with Crippen LogP contribution in [0.15, 0.2) is 42.6 Å². The van der Waals surface area contributed by atoms with Crippen LogP contribution in [0.3, 0.4) is 0 Å². The highest BCUT2D eigenvalue weighted by Gasteiger charge is 2.48. The van der Waals surface area contributed by atoms with E-state index in [0.717, 1.165) is 5.56 Å². The average Bonchev–Trinajstić information content (AvgIpc) is 3.29. The Bertz CT molecular complexity index is 793. The SMILES string of the molecule is O=C(c1ccc[nH]1)N1C[C@@H]2OC(=O)N(CCc3cccc(Cl)c3)[C@@H]2C1. The Morgan fingerprint density at radius 2 is 2.16 bits per heavy atom. The second-order valence-corrected chi connectivity index (χ2v) is 6.79. The van der Waals surface area contributed by atoms with Crippen LogP contribution in [-0.4, -0.2) is 58.6 Å². The number of likely N-dealkylation sites (tertiary alicyclic amines) is 1. The molecule has 2 aliphatic rings. The largest absolute Gasteiger partial charge is 0.442 e. The number of fused-ring (bicyclic) bond motifs is 1. The lowest BCUT2D eigenvalue weighted by Crippen LogP contribution is -2.40. The number of ether oxygens (including phenoxy) is 1. The predicted octanol–water partition coefficient (Wildman–Crippen LogP) is 2.56. The van der Waals surface area contributed by atoms with Crippen LogP contribution in [0.4, 0.5) is 4.79 Å². The molecule has 0 aliphatic carbocycles. The van der Waals surface area contributed by atoms with Crippen molar-refractivity contribution in [1.29, 1.82) is 0 Å². The van der Waals surface area contributed by atoms with Gasteiger partial charge < -0.3 is 14.6 Å². The fraction of sp³-hybridized carbons (Fsp3) is 0.333. The highest BCUT2D eigenvalue weighted by Crippen LogP contribution is 2.28. The molecular weight excluding hydrogens is 342 g/mol. The standard InChI is InChI=1S/C18H18ClN3O3/c19-13-4-1-3-12(9-13)6-8-22-15-10-21(11-16(15)25-18(22)24)17(23)14-5-2-7-20-14/h1-5,7,9,15-16,20H,6,8,10-11H2/t15-,16+/m1/s1. The molecule has 2 fully saturated rings. The smallest absolute Gasteiger partial charge is 0.410 e. The number of H-pyrrole nitrogens is 1. The van der Waals surface area contributed by atoms with Gasteiger partial charge in [0.25, 0.3) is 5.91 Å². The minimum absolute atomic E-state index is 0.0646. The summed E-state index contributed by atoms with van der Waals surface area (Å²) in [6.45, 7) is 1.47. The van der Waals surface area contributed by atoms with Crippen LogP contribution in [0.5, 0.6) is 0 Å². The lowest BCUT2D eigenvalue weighted by atomic mass is 10.1. The van der Waals surface area contributed by atoms with E-state index in [-0.39, 0.29) is 24.1 Å². The van der Waals surface area contributed by atoms with Gasteiger partial charge in [-0.2, -0.15) is 0 Å². The monoisotopic (exact) mass is 359 g/mol. The summed E-state index contributed by atoms with van der Waals surface area (Å²) in [6.07, 6.45) is 1.86. The Balaban J connectivity index is 1.42. The van der Waals surface area contributed by atoms with Gasteiger partial charge in [0.15, 0.2) is 0 Å². The molecule has 0 radical (unpaired) electrons. The van der Waals surface area contributed by atoms with Crippen molar-refractivity contribution in [3.05, 3.63) is 58.9 Å². The quantitative estimate of drug-likeness (QED) is 0.912. The van der Waals surface area contributed by atoms with Crippen LogP contribution in [0.2, 0.25) is 5.02 Å². The molecule has 25 heavy (non-hydrogen) atoms. The molecule has 4 rings (SSSR count). The fourth-order valence-electron chi connectivity index (χ4n) is 3.50. The third-order valence-electron chi connectivity index (χ3n) is 4.77. The highest BCUT2D eigenvalue weighted by molar-refractivity contribution is 6.30. The second kappa shape index (κ2) is 6.44. The summed E-state index contributed by atoms with van der Waals surface area (Å²) in [6, 6.07) is 11.1. The number of aromatic nitrogens is 1. The Morgan fingerprint density at radius 1 is 1.28 bits per heavy atom. The van der Waals surface area contributed by atoms with Gasteiger partial charge in [0, 0.05) is 24.3 Å². The number of amides is 2. The molecule has 7 heteroatoms. The van der Waals surface area contributed by atoms with Crippen molar-refractivity contribution in [3.8, 4) is 0 Å². The van der Waals surface area contributed by atoms with Gasteiger partial charge in [-0.15, -0.1) is 0 Å². The first-order valence-corrected chi connectivity index (χ1v) is 8.64. The summed E-state index contributed by atoms with van der Waals surface area (Å²) >= 11 is 6.01. The molecule has 0 saturated carbocycles. The van der Waals surface area contributed by atoms with Gasteiger partial charge >= 0.3 is 6.09 Å². The van der Waals surface area contributed by atoms with E-state index < -0.39 is 0 Å². The van der Waals surface area contributed by atoms with Crippen molar-refractivity contribution in [1.82, 2.24) is 14.8 Å². The van der Waals surface area contributed by atoms with Crippen LogP contribution < -0.4 is 0 Å². The molecule has 3 heterocycles. The number of halogens is 1. The molecule has 0 unspecified atom stereocenters. The normalized spacial score (nSPS) is 22.2. The zero-order valence-corrected chi connectivity index (χ0v) is 14.3. The maximum atomic E-state index is 12.5. The molecule has 1 N–H and O–H groups in total. The molecule has 0 bridgehead atoms. The fourth-order valence-corrected chi connectivity index (χ4v) is 3.72. The maximum absolute atomic E-state index is 12.5. The molecular formula is C18H18ClN3O3. The Morgan fingerprint density at radius 3 is 2.92 bits per heavy atom. The molecule has 6 nitrogen and oxygen atoms in total. The Hall–Kier alpha value is -2.47. The first kappa shape index (κ1) is 16.0. The topological polar surface area (TPSA) is 65.6 Å². The van der Waals surface area contributed by atoms with Gasteiger partial charge in [-0.3, -0.25) is 9.69 Å². The summed E-state index contributed by atoms with van der Waals surface area (Å²) in [5.41, 5.74) is 1.62. The minimum atomic E-state index is -0.302. The zero-order chi connectivity index (χ0) is 17.4. The predicted molar refractivity (Wildman–Crippen MR) is 92.6 cm³/mol. The van der Waals surface area contributed by atoms with Gasteiger partial charge in [0.2, 0.25) is 0 Å². The van der Waals surface area contributed by atoms with Gasteiger partial charge in [0.1, 0.15) is 11.8 Å². The number of benzene rings is 1. The van der Waals surface area contributed by atoms with Gasteiger partial charge in [-0.25, -0.2) is 4.79 Å². The first-order valence-electron chi connectivity index (χ1n) is 8.26. The lowest BCUT2D eigenvalue weighted by molar-refractivity contribution is 0.0723. The van der Waals surface area contributed by atoms with Crippen molar-refractivity contribution < 1.29 is 14.3 Å². The van der Waals surface area contributed by atoms with E-state index in [1.54, 1.807) is 28.1 Å². The lowest BCUT2D eigenvalue weighted by Gasteiger charge is -2.22. The molecule has 1 aromatic carbocycles. The first-order chi connectivity index (χ1) is 12.1. The van der Waals surface area contributed by atoms with Gasteiger partial charge in [-0.1, -0.05) is 23.7 Å². The van der Waals surface area contributed by atoms with Gasteiger partial charge in [0.05, 0.1) is 12.6 Å². The van der Waals surface area contributed by atoms with Crippen LogP contribution in [0, 0.1) is 0 Å². The molecule has 1 aromatic heterocycles. The van der Waals surface area contributed by atoms with E-state index in [1.807, 2.05) is 24.3 Å². The van der Waals surface area contributed by atoms with Crippen molar-refractivity contribution in [2.24, 2.45) is 0 Å². The number of nitrogens with zero attached hydrogens (tertiary/aromatic N) is 2. The molecule has 2 atom stereocenters. The van der Waals surface area contributed by atoms with E-state index in [9.17, 15) is 9.59 Å². The van der Waals surface area contributed by atoms with Gasteiger partial charge in [-0.05, 0) is 36.2 Å². The second-order valence-electron chi connectivity index (χ2n) is 6.36. The van der Waals surface area contributed by atoms with Crippen molar-refractivity contribution in [3.63, 3.8) is 0 Å². The number of aromatic amines is 1. The number of rotatable bonds is 4. The zero-order valence-electron chi connectivity index (χ0n) is 13.5. The Kier molecular flexibility index (Phi) is 4.13. The highest BCUT2D eigenvalue weighted by atomic mass is 35.5. The van der Waals surface area contributed by atoms with Crippen molar-refractivity contribution in [2.75, 3.05) is 19.6 Å². The number of carbonyl (C=O) groups is 2. The molecule has 2 amide bonds. The number of hydrogen-bond donors (Lipinski definition) is 1. The third kappa shape index (κ3) is 3.09. The Labute approximate surface area is 150 Å². The maximum Gasteiger partial charge on any atom is 0.410 e. The molecule has 2 aliphatic heterocycles. The van der Waals surface area contributed by atoms with E-state index >= 15 is 0 Å². The van der Waals surface area contributed by atoms with Crippen LogP contribution in [0.1, 0.15) is 16.1 Å². The summed E-state index contributed by atoms with van der Waals surface area (Å²) in [5, 5.41) is 0.683. The van der Waals surface area contributed by atoms with Crippen molar-refractivity contribution >= 4 is 23.6 Å². The van der Waals surface area contributed by atoms with E-state index in [2.05, 4.69) is 4.98 Å². The van der Waals surface area contributed by atoms with E-state index in [1.165, 1.54) is 0 Å². The third-order valence-corrected chi connectivity index (χ3v) is 5.01. The number of carbonyl (C=O) groups excluding carboxylic acids is 2. The summed E-state index contributed by atoms with van der Waals surface area (Å²) in [5.74, 6) is -0.0646. The van der Waals surface area contributed by atoms with Crippen LogP contribution in [0.25, 0.3) is 0 Å².